The molecular formula is C7H13N3O2. The van der Waals surface area contributed by atoms with Gasteiger partial charge in [-0.15, -0.1) is 0 Å². The van der Waals surface area contributed by atoms with Crippen molar-refractivity contribution in [2.75, 3.05) is 33.7 Å². The Hall–Kier alpha value is -1.26. The van der Waals surface area contributed by atoms with Gasteiger partial charge in [-0.3, -0.25) is 4.79 Å². The van der Waals surface area contributed by atoms with Crippen molar-refractivity contribution in [1.29, 1.82) is 0 Å². The van der Waals surface area contributed by atoms with E-state index in [1.54, 1.807) is 14.1 Å². The SMILES string of the molecule is CN(C)C(=O)CN1CCNC1=O. The van der Waals surface area contributed by atoms with Gasteiger partial charge in [-0.05, 0) is 0 Å². The number of hydrogen-bond acceptors (Lipinski definition) is 2. The number of carbonyl (C=O) groups is 2. The maximum atomic E-state index is 11.1. The Kier molecular flexibility index (Phi) is 2.52. The van der Waals surface area contributed by atoms with Gasteiger partial charge in [0.1, 0.15) is 6.54 Å². The first-order chi connectivity index (χ1) is 5.61. The van der Waals surface area contributed by atoms with E-state index in [4.69, 9.17) is 0 Å². The van der Waals surface area contributed by atoms with Crippen molar-refractivity contribution in [1.82, 2.24) is 15.1 Å². The highest BCUT2D eigenvalue weighted by molar-refractivity contribution is 5.84. The lowest BCUT2D eigenvalue weighted by atomic mass is 10.5. The fourth-order valence-corrected chi connectivity index (χ4v) is 0.967. The maximum absolute atomic E-state index is 11.1. The molecule has 1 aliphatic rings. The molecule has 1 N–H and O–H groups in total. The Morgan fingerprint density at radius 3 is 2.75 bits per heavy atom. The molecule has 1 rings (SSSR count). The Bertz CT molecular complexity index is 203. The molecule has 0 bridgehead atoms. The largest absolute Gasteiger partial charge is 0.347 e. The van der Waals surface area contributed by atoms with Crippen LogP contribution in [0.15, 0.2) is 0 Å². The number of nitrogens with one attached hydrogen (secondary N) is 1. The third-order valence-corrected chi connectivity index (χ3v) is 1.77. The van der Waals surface area contributed by atoms with E-state index in [0.29, 0.717) is 13.1 Å². The van der Waals surface area contributed by atoms with Crippen molar-refractivity contribution in [3.63, 3.8) is 0 Å². The van der Waals surface area contributed by atoms with Crippen molar-refractivity contribution < 1.29 is 9.59 Å². The monoisotopic (exact) mass is 171 g/mol. The molecule has 0 atom stereocenters. The molecule has 0 saturated carbocycles. The third-order valence-electron chi connectivity index (χ3n) is 1.77. The van der Waals surface area contributed by atoms with Crippen LogP contribution in [0.1, 0.15) is 0 Å². The molecule has 0 aromatic heterocycles. The van der Waals surface area contributed by atoms with Gasteiger partial charge >= 0.3 is 6.03 Å². The first kappa shape index (κ1) is 8.83. The van der Waals surface area contributed by atoms with Crippen LogP contribution < -0.4 is 5.32 Å². The molecule has 0 radical (unpaired) electrons. The van der Waals surface area contributed by atoms with E-state index in [-0.39, 0.29) is 18.5 Å². The van der Waals surface area contributed by atoms with Crippen molar-refractivity contribution in [3.05, 3.63) is 0 Å². The van der Waals surface area contributed by atoms with Gasteiger partial charge in [0.15, 0.2) is 0 Å². The standard InChI is InChI=1S/C7H13N3O2/c1-9(2)6(11)5-10-4-3-8-7(10)12/h3-5H2,1-2H3,(H,8,12). The molecule has 68 valence electrons. The van der Waals surface area contributed by atoms with E-state index < -0.39 is 0 Å². The van der Waals surface area contributed by atoms with Gasteiger partial charge in [0.05, 0.1) is 0 Å². The summed E-state index contributed by atoms with van der Waals surface area (Å²) < 4.78 is 0. The highest BCUT2D eigenvalue weighted by Gasteiger charge is 2.22. The number of urea groups is 1. The Morgan fingerprint density at radius 1 is 1.67 bits per heavy atom. The van der Waals surface area contributed by atoms with Gasteiger partial charge in [-0.1, -0.05) is 0 Å². The van der Waals surface area contributed by atoms with Crippen LogP contribution in [0.3, 0.4) is 0 Å². The average Bonchev–Trinajstić information content (AvgIpc) is 2.36. The highest BCUT2D eigenvalue weighted by atomic mass is 16.2. The summed E-state index contributed by atoms with van der Waals surface area (Å²) in [7, 11) is 3.35. The quantitative estimate of drug-likeness (QED) is 0.585. The lowest BCUT2D eigenvalue weighted by Crippen LogP contribution is -2.38. The molecule has 3 amide bonds. The zero-order chi connectivity index (χ0) is 9.14. The molecule has 0 aromatic rings. The number of rotatable bonds is 2. The van der Waals surface area contributed by atoms with E-state index in [0.717, 1.165) is 0 Å². The molecule has 0 spiro atoms. The molecular weight excluding hydrogens is 158 g/mol. The van der Waals surface area contributed by atoms with Gasteiger partial charge < -0.3 is 15.1 Å². The molecule has 1 aliphatic heterocycles. The Labute approximate surface area is 71.3 Å². The minimum absolute atomic E-state index is 0.0490. The fraction of sp³-hybridized carbons (Fsp3) is 0.714. The minimum atomic E-state index is -0.148. The first-order valence-corrected chi connectivity index (χ1v) is 3.84. The van der Waals surface area contributed by atoms with Gasteiger partial charge in [0.2, 0.25) is 5.91 Å². The number of carbonyl (C=O) groups excluding carboxylic acids is 2. The van der Waals surface area contributed by atoms with Crippen LogP contribution in [0.25, 0.3) is 0 Å². The van der Waals surface area contributed by atoms with Gasteiger partial charge in [0.25, 0.3) is 0 Å². The highest BCUT2D eigenvalue weighted by Crippen LogP contribution is 1.96. The zero-order valence-corrected chi connectivity index (χ0v) is 7.33. The molecule has 1 fully saturated rings. The van der Waals surface area contributed by atoms with E-state index >= 15 is 0 Å². The molecule has 0 aliphatic carbocycles. The van der Waals surface area contributed by atoms with Crippen molar-refractivity contribution in [2.24, 2.45) is 0 Å². The van der Waals surface area contributed by atoms with Crippen LogP contribution in [-0.4, -0.2) is 55.5 Å². The van der Waals surface area contributed by atoms with E-state index in [1.165, 1.54) is 9.80 Å². The third kappa shape index (κ3) is 1.87. The van der Waals surface area contributed by atoms with Crippen LogP contribution in [0.5, 0.6) is 0 Å². The summed E-state index contributed by atoms with van der Waals surface area (Å²) in [5, 5.41) is 2.63. The zero-order valence-electron chi connectivity index (χ0n) is 7.33. The van der Waals surface area contributed by atoms with Crippen molar-refractivity contribution in [3.8, 4) is 0 Å². The summed E-state index contributed by atoms with van der Waals surface area (Å²) in [5.74, 6) is -0.0490. The molecule has 5 heteroatoms. The van der Waals surface area contributed by atoms with Gasteiger partial charge in [-0.2, -0.15) is 0 Å². The summed E-state index contributed by atoms with van der Waals surface area (Å²) in [6, 6.07) is -0.148. The van der Waals surface area contributed by atoms with Gasteiger partial charge in [0, 0.05) is 27.2 Å². The first-order valence-electron chi connectivity index (χ1n) is 3.84. The number of hydrogen-bond donors (Lipinski definition) is 1. The summed E-state index contributed by atoms with van der Waals surface area (Å²) in [4.78, 5) is 25.1. The predicted molar refractivity (Wildman–Crippen MR) is 43.7 cm³/mol. The van der Waals surface area contributed by atoms with Crippen molar-refractivity contribution >= 4 is 11.9 Å². The molecule has 12 heavy (non-hydrogen) atoms. The number of likely N-dealkylation sites (N-methyl/N-ethyl adjacent to an activating group) is 1. The second-order valence-corrected chi connectivity index (χ2v) is 2.94. The van der Waals surface area contributed by atoms with Crippen LogP contribution in [-0.2, 0) is 4.79 Å². The van der Waals surface area contributed by atoms with Crippen LogP contribution >= 0.6 is 0 Å². The van der Waals surface area contributed by atoms with Crippen LogP contribution in [0.4, 0.5) is 4.79 Å². The average molecular weight is 171 g/mol. The van der Waals surface area contributed by atoms with Gasteiger partial charge in [-0.25, -0.2) is 4.79 Å². The van der Waals surface area contributed by atoms with Crippen LogP contribution in [0, 0.1) is 0 Å². The smallest absolute Gasteiger partial charge is 0.317 e. The van der Waals surface area contributed by atoms with Crippen molar-refractivity contribution in [2.45, 2.75) is 0 Å². The summed E-state index contributed by atoms with van der Waals surface area (Å²) in [5.41, 5.74) is 0. The van der Waals surface area contributed by atoms with E-state index in [9.17, 15) is 9.59 Å². The van der Waals surface area contributed by atoms with E-state index in [1.807, 2.05) is 0 Å². The molecule has 0 aromatic carbocycles. The Morgan fingerprint density at radius 2 is 2.33 bits per heavy atom. The second-order valence-electron chi connectivity index (χ2n) is 2.94. The second kappa shape index (κ2) is 3.42. The summed E-state index contributed by atoms with van der Waals surface area (Å²) in [6.45, 7) is 1.44. The number of amides is 3. The summed E-state index contributed by atoms with van der Waals surface area (Å²) >= 11 is 0. The van der Waals surface area contributed by atoms with E-state index in [2.05, 4.69) is 5.32 Å². The normalized spacial score (nSPS) is 16.2. The topological polar surface area (TPSA) is 52.7 Å². The predicted octanol–water partition coefficient (Wildman–Crippen LogP) is -0.900. The maximum Gasteiger partial charge on any atom is 0.317 e. The Balaban J connectivity index is 2.40. The molecule has 0 unspecified atom stereocenters. The minimum Gasteiger partial charge on any atom is -0.347 e. The lowest BCUT2D eigenvalue weighted by Gasteiger charge is -2.16. The van der Waals surface area contributed by atoms with Crippen LogP contribution in [0.2, 0.25) is 0 Å². The summed E-state index contributed by atoms with van der Waals surface area (Å²) in [6.07, 6.45) is 0. The number of nitrogens with zero attached hydrogens (tertiary/aromatic N) is 2. The fourth-order valence-electron chi connectivity index (χ4n) is 0.967. The molecule has 1 heterocycles. The molecule has 5 nitrogen and oxygen atoms in total. The molecule has 1 saturated heterocycles. The lowest BCUT2D eigenvalue weighted by molar-refractivity contribution is -0.129.